The summed E-state index contributed by atoms with van der Waals surface area (Å²) in [7, 11) is 4.17. The number of nitrogens with zero attached hydrogens (tertiary/aromatic N) is 1. The number of hydrogen-bond donors (Lipinski definition) is 1. The van der Waals surface area contributed by atoms with E-state index >= 15 is 0 Å². The van der Waals surface area contributed by atoms with E-state index in [1.165, 1.54) is 5.56 Å². The van der Waals surface area contributed by atoms with E-state index in [4.69, 9.17) is 5.73 Å². The smallest absolute Gasteiger partial charge is 0.0538 e. The predicted molar refractivity (Wildman–Crippen MR) is 65.7 cm³/mol. The third-order valence-electron chi connectivity index (χ3n) is 3.10. The fourth-order valence-electron chi connectivity index (χ4n) is 2.32. The van der Waals surface area contributed by atoms with Gasteiger partial charge in [-0.3, -0.25) is 0 Å². The van der Waals surface area contributed by atoms with Crippen molar-refractivity contribution in [3.8, 4) is 0 Å². The molecule has 1 aromatic rings. The van der Waals surface area contributed by atoms with Crippen LogP contribution in [0, 0.1) is 0 Å². The molecular formula is C13H22N2. The molecule has 1 rings (SSSR count). The minimum atomic E-state index is -0.292. The van der Waals surface area contributed by atoms with Crippen molar-refractivity contribution in [1.29, 1.82) is 0 Å². The van der Waals surface area contributed by atoms with Crippen LogP contribution in [-0.2, 0) is 5.54 Å². The van der Waals surface area contributed by atoms with E-state index in [-0.39, 0.29) is 5.54 Å². The topological polar surface area (TPSA) is 29.3 Å². The fourth-order valence-corrected chi connectivity index (χ4v) is 2.32. The quantitative estimate of drug-likeness (QED) is 0.818. The van der Waals surface area contributed by atoms with Crippen LogP contribution in [-0.4, -0.2) is 25.0 Å². The number of benzene rings is 1. The molecule has 1 aromatic carbocycles. The summed E-state index contributed by atoms with van der Waals surface area (Å²) in [5.74, 6) is 0. The van der Waals surface area contributed by atoms with Gasteiger partial charge in [0.1, 0.15) is 0 Å². The van der Waals surface area contributed by atoms with E-state index < -0.39 is 0 Å². The Kier molecular flexibility index (Phi) is 3.89. The van der Waals surface area contributed by atoms with Gasteiger partial charge in [0.05, 0.1) is 5.54 Å². The highest BCUT2D eigenvalue weighted by molar-refractivity contribution is 5.25. The number of nitrogens with two attached hydrogens (primary N) is 1. The Morgan fingerprint density at radius 3 is 2.20 bits per heavy atom. The van der Waals surface area contributed by atoms with Crippen LogP contribution in [0.15, 0.2) is 30.3 Å². The highest BCUT2D eigenvalue weighted by Crippen LogP contribution is 2.26. The first kappa shape index (κ1) is 12.2. The number of likely N-dealkylation sites (N-methyl/N-ethyl adjacent to an activating group) is 1. The van der Waals surface area contributed by atoms with Gasteiger partial charge in [-0.15, -0.1) is 0 Å². The Bertz CT molecular complexity index is 291. The molecule has 0 radical (unpaired) electrons. The lowest BCUT2D eigenvalue weighted by atomic mass is 9.83. The summed E-state index contributed by atoms with van der Waals surface area (Å²) in [5, 5.41) is 0. The highest BCUT2D eigenvalue weighted by Gasteiger charge is 2.31. The second-order valence-corrected chi connectivity index (χ2v) is 4.54. The van der Waals surface area contributed by atoms with Gasteiger partial charge in [0.2, 0.25) is 0 Å². The van der Waals surface area contributed by atoms with Crippen molar-refractivity contribution in [2.45, 2.75) is 31.8 Å². The molecule has 0 saturated carbocycles. The maximum atomic E-state index is 6.45. The largest absolute Gasteiger partial charge is 0.320 e. The van der Waals surface area contributed by atoms with Crippen molar-refractivity contribution in [1.82, 2.24) is 4.90 Å². The Balaban J connectivity index is 3.00. The number of rotatable bonds is 4. The summed E-state index contributed by atoms with van der Waals surface area (Å²) < 4.78 is 0. The normalized spacial score (nSPS) is 17.5. The molecule has 0 fully saturated rings. The maximum Gasteiger partial charge on any atom is 0.0538 e. The predicted octanol–water partition coefficient (Wildman–Crippen LogP) is 2.20. The van der Waals surface area contributed by atoms with E-state index in [1.54, 1.807) is 0 Å². The highest BCUT2D eigenvalue weighted by atomic mass is 15.1. The molecule has 2 N–H and O–H groups in total. The van der Waals surface area contributed by atoms with E-state index in [9.17, 15) is 0 Å². The van der Waals surface area contributed by atoms with Crippen molar-refractivity contribution in [3.63, 3.8) is 0 Å². The van der Waals surface area contributed by atoms with Crippen molar-refractivity contribution in [3.05, 3.63) is 35.9 Å². The molecule has 2 atom stereocenters. The van der Waals surface area contributed by atoms with Crippen LogP contribution in [0.3, 0.4) is 0 Å². The van der Waals surface area contributed by atoms with Crippen LogP contribution in [0.2, 0.25) is 0 Å². The third-order valence-corrected chi connectivity index (χ3v) is 3.10. The van der Waals surface area contributed by atoms with Gasteiger partial charge in [-0.25, -0.2) is 0 Å². The van der Waals surface area contributed by atoms with Crippen LogP contribution in [0.5, 0.6) is 0 Å². The minimum Gasteiger partial charge on any atom is -0.320 e. The summed E-state index contributed by atoms with van der Waals surface area (Å²) in [4.78, 5) is 2.20. The zero-order chi connectivity index (χ0) is 11.5. The first-order valence-corrected chi connectivity index (χ1v) is 5.51. The van der Waals surface area contributed by atoms with E-state index in [2.05, 4.69) is 45.0 Å². The summed E-state index contributed by atoms with van der Waals surface area (Å²) in [6.07, 6.45) is 1.05. The zero-order valence-electron chi connectivity index (χ0n) is 10.2. The molecular weight excluding hydrogens is 184 g/mol. The van der Waals surface area contributed by atoms with Gasteiger partial charge in [-0.1, -0.05) is 37.3 Å². The first-order chi connectivity index (χ1) is 7.00. The van der Waals surface area contributed by atoms with Crippen LogP contribution in [0.4, 0.5) is 0 Å². The van der Waals surface area contributed by atoms with E-state index in [0.29, 0.717) is 6.04 Å². The van der Waals surface area contributed by atoms with E-state index in [0.717, 1.165) is 6.42 Å². The molecule has 0 saturated heterocycles. The standard InChI is InChI=1S/C13H22N2/c1-5-12(15(3)4)13(2,14)11-9-7-6-8-10-11/h6-10,12H,5,14H2,1-4H3. The van der Waals surface area contributed by atoms with Crippen LogP contribution < -0.4 is 5.73 Å². The average Bonchev–Trinajstić information content (AvgIpc) is 2.19. The molecule has 0 aliphatic carbocycles. The molecule has 0 aromatic heterocycles. The monoisotopic (exact) mass is 206 g/mol. The molecule has 0 heterocycles. The summed E-state index contributed by atoms with van der Waals surface area (Å²) in [6.45, 7) is 4.29. The van der Waals surface area contributed by atoms with Gasteiger partial charge in [0.15, 0.2) is 0 Å². The molecule has 2 heteroatoms. The molecule has 0 amide bonds. The summed E-state index contributed by atoms with van der Waals surface area (Å²) in [5.41, 5.74) is 7.36. The minimum absolute atomic E-state index is 0.292. The molecule has 2 nitrogen and oxygen atoms in total. The van der Waals surface area contributed by atoms with Crippen LogP contribution in [0.25, 0.3) is 0 Å². The van der Waals surface area contributed by atoms with Crippen LogP contribution in [0.1, 0.15) is 25.8 Å². The van der Waals surface area contributed by atoms with Crippen molar-refractivity contribution < 1.29 is 0 Å². The SMILES string of the molecule is CCC(N(C)C)C(C)(N)c1ccccc1. The van der Waals surface area contributed by atoms with Gasteiger partial charge in [0.25, 0.3) is 0 Å². The van der Waals surface area contributed by atoms with Gasteiger partial charge < -0.3 is 10.6 Å². The Labute approximate surface area is 93.1 Å². The molecule has 0 spiro atoms. The third kappa shape index (κ3) is 2.58. The van der Waals surface area contributed by atoms with Gasteiger partial charge in [-0.2, -0.15) is 0 Å². The molecule has 0 aliphatic rings. The Morgan fingerprint density at radius 2 is 1.80 bits per heavy atom. The maximum absolute atomic E-state index is 6.45. The van der Waals surface area contributed by atoms with Crippen molar-refractivity contribution in [2.24, 2.45) is 5.73 Å². The van der Waals surface area contributed by atoms with Gasteiger partial charge in [-0.05, 0) is 33.0 Å². The number of hydrogen-bond acceptors (Lipinski definition) is 2. The fraction of sp³-hybridized carbons (Fsp3) is 0.538. The molecule has 15 heavy (non-hydrogen) atoms. The molecule has 0 bridgehead atoms. The lowest BCUT2D eigenvalue weighted by Gasteiger charge is -2.38. The van der Waals surface area contributed by atoms with Gasteiger partial charge in [0, 0.05) is 6.04 Å². The average molecular weight is 206 g/mol. The molecule has 84 valence electrons. The second kappa shape index (κ2) is 4.77. The lowest BCUT2D eigenvalue weighted by Crippen LogP contribution is -2.51. The molecule has 0 aliphatic heterocycles. The van der Waals surface area contributed by atoms with Crippen molar-refractivity contribution in [2.75, 3.05) is 14.1 Å². The first-order valence-electron chi connectivity index (χ1n) is 5.51. The van der Waals surface area contributed by atoms with Crippen molar-refractivity contribution >= 4 is 0 Å². The summed E-state index contributed by atoms with van der Waals surface area (Å²) in [6, 6.07) is 10.7. The Hall–Kier alpha value is -0.860. The van der Waals surface area contributed by atoms with E-state index in [1.807, 2.05) is 18.2 Å². The molecule has 2 unspecified atom stereocenters. The zero-order valence-corrected chi connectivity index (χ0v) is 10.2. The lowest BCUT2D eigenvalue weighted by molar-refractivity contribution is 0.183. The Morgan fingerprint density at radius 1 is 1.27 bits per heavy atom. The van der Waals surface area contributed by atoms with Crippen LogP contribution >= 0.6 is 0 Å². The van der Waals surface area contributed by atoms with Gasteiger partial charge >= 0.3 is 0 Å². The summed E-state index contributed by atoms with van der Waals surface area (Å²) >= 11 is 0. The second-order valence-electron chi connectivity index (χ2n) is 4.54.